The summed E-state index contributed by atoms with van der Waals surface area (Å²) in [6.07, 6.45) is -2.41. The molecule has 1 aliphatic rings. The molecule has 0 aliphatic carbocycles. The molecule has 1 aliphatic heterocycles. The maximum atomic E-state index is 11.8. The van der Waals surface area contributed by atoms with Crippen molar-refractivity contribution in [2.75, 3.05) is 13.2 Å². The van der Waals surface area contributed by atoms with Gasteiger partial charge in [0.05, 0.1) is 18.8 Å². The minimum absolute atomic E-state index is 0.122. The van der Waals surface area contributed by atoms with Gasteiger partial charge in [-0.15, -0.1) is 0 Å². The average Bonchev–Trinajstić information content (AvgIpc) is 3.22. The van der Waals surface area contributed by atoms with E-state index in [-0.39, 0.29) is 18.3 Å². The minimum Gasteiger partial charge on any atom is -0.462 e. The molecule has 2 aromatic carbocycles. The van der Waals surface area contributed by atoms with Gasteiger partial charge in [0, 0.05) is 18.8 Å². The molecular formula is C26H33N3O6Si. The van der Waals surface area contributed by atoms with E-state index in [9.17, 15) is 15.1 Å². The molecule has 3 rings (SSSR count). The Balaban J connectivity index is 2.07. The van der Waals surface area contributed by atoms with Gasteiger partial charge in [-0.2, -0.15) is 0 Å². The number of nitrogens with zero attached hydrogens (tertiary/aromatic N) is 3. The van der Waals surface area contributed by atoms with Crippen LogP contribution in [-0.2, 0) is 28.2 Å². The second-order valence-electron chi connectivity index (χ2n) is 9.76. The summed E-state index contributed by atoms with van der Waals surface area (Å²) in [5, 5.41) is 5.86. The summed E-state index contributed by atoms with van der Waals surface area (Å²) in [7, 11) is -2.97. The maximum Gasteiger partial charge on any atom is 0.303 e. The van der Waals surface area contributed by atoms with Crippen LogP contribution in [0, 0.1) is 0 Å². The number of hydrogen-bond donors (Lipinski definition) is 0. The first-order valence-electron chi connectivity index (χ1n) is 11.9. The van der Waals surface area contributed by atoms with Crippen LogP contribution >= 0.6 is 0 Å². The predicted octanol–water partition coefficient (Wildman–Crippen LogP) is 3.50. The van der Waals surface area contributed by atoms with Crippen molar-refractivity contribution in [2.24, 2.45) is 5.11 Å². The summed E-state index contributed by atoms with van der Waals surface area (Å²) >= 11 is 0. The van der Waals surface area contributed by atoms with E-state index in [2.05, 4.69) is 55.1 Å². The van der Waals surface area contributed by atoms with E-state index >= 15 is 0 Å². The lowest BCUT2D eigenvalue weighted by molar-refractivity contribution is -0.164. The Bertz CT molecular complexity index is 1050. The molecule has 10 heteroatoms. The number of ether oxygens (including phenoxy) is 3. The summed E-state index contributed by atoms with van der Waals surface area (Å²) in [4.78, 5) is 26.3. The molecule has 0 amide bonds. The summed E-state index contributed by atoms with van der Waals surface area (Å²) in [6, 6.07) is 19.4. The largest absolute Gasteiger partial charge is 0.462 e. The van der Waals surface area contributed by atoms with E-state index < -0.39 is 44.6 Å². The topological polar surface area (TPSA) is 120 Å². The lowest BCUT2D eigenvalue weighted by Crippen LogP contribution is -2.68. The van der Waals surface area contributed by atoms with Gasteiger partial charge in [0.15, 0.2) is 6.10 Å². The van der Waals surface area contributed by atoms with Crippen molar-refractivity contribution < 1.29 is 28.2 Å². The lowest BCUT2D eigenvalue weighted by atomic mass is 10.0. The maximum absolute atomic E-state index is 11.8. The number of azide groups is 1. The van der Waals surface area contributed by atoms with Crippen LogP contribution in [0.5, 0.6) is 0 Å². The summed E-state index contributed by atoms with van der Waals surface area (Å²) in [6.45, 7) is 8.88. The normalized spacial score (nSPS) is 20.8. The van der Waals surface area contributed by atoms with Crippen molar-refractivity contribution in [3.05, 3.63) is 71.1 Å². The van der Waals surface area contributed by atoms with Crippen molar-refractivity contribution >= 4 is 30.6 Å². The molecule has 0 radical (unpaired) electrons. The number of carbonyl (C=O) groups is 2. The van der Waals surface area contributed by atoms with Crippen LogP contribution in [0.15, 0.2) is 65.8 Å². The highest BCUT2D eigenvalue weighted by Crippen LogP contribution is 2.39. The number of esters is 2. The monoisotopic (exact) mass is 511 g/mol. The Hall–Kier alpha value is -3.17. The van der Waals surface area contributed by atoms with Crippen molar-refractivity contribution in [3.8, 4) is 0 Å². The molecule has 9 nitrogen and oxygen atoms in total. The third-order valence-corrected chi connectivity index (χ3v) is 11.3. The van der Waals surface area contributed by atoms with Gasteiger partial charge in [0.2, 0.25) is 0 Å². The second-order valence-corrected chi connectivity index (χ2v) is 14.0. The van der Waals surface area contributed by atoms with E-state index in [0.717, 1.165) is 10.4 Å². The molecule has 36 heavy (non-hydrogen) atoms. The summed E-state index contributed by atoms with van der Waals surface area (Å²) in [5.41, 5.74) is 9.40. The Morgan fingerprint density at radius 1 is 1.06 bits per heavy atom. The highest BCUT2D eigenvalue weighted by molar-refractivity contribution is 6.99. The SMILES string of the molecule is CC(=O)OC[C@H](OC(C)=O)[C@H]1OC[C@H](O[Si](c2ccccc2)(c2ccccc2)C(C)(C)C)[C@H]1N=[N+]=[N-]. The fourth-order valence-corrected chi connectivity index (χ4v) is 9.45. The Morgan fingerprint density at radius 3 is 2.06 bits per heavy atom. The lowest BCUT2D eigenvalue weighted by Gasteiger charge is -2.45. The third kappa shape index (κ3) is 5.96. The molecule has 0 unspecified atom stereocenters. The van der Waals surface area contributed by atoms with E-state index in [1.807, 2.05) is 36.4 Å². The highest BCUT2D eigenvalue weighted by Gasteiger charge is 2.55. The smallest absolute Gasteiger partial charge is 0.303 e. The zero-order valence-electron chi connectivity index (χ0n) is 21.3. The Labute approximate surface area is 212 Å². The summed E-state index contributed by atoms with van der Waals surface area (Å²) < 4.78 is 23.7. The van der Waals surface area contributed by atoms with Gasteiger partial charge >= 0.3 is 11.9 Å². The molecule has 0 bridgehead atoms. The molecule has 0 spiro atoms. The third-order valence-electron chi connectivity index (χ3n) is 6.24. The molecule has 0 saturated carbocycles. The summed E-state index contributed by atoms with van der Waals surface area (Å²) in [5.74, 6) is -1.09. The van der Waals surface area contributed by atoms with Gasteiger partial charge in [-0.3, -0.25) is 9.59 Å². The molecular weight excluding hydrogens is 478 g/mol. The van der Waals surface area contributed by atoms with Crippen LogP contribution in [0.2, 0.25) is 5.04 Å². The van der Waals surface area contributed by atoms with Gasteiger partial charge < -0.3 is 18.6 Å². The second kappa shape index (κ2) is 11.7. The fourth-order valence-electron chi connectivity index (χ4n) is 4.77. The molecule has 2 aromatic rings. The molecule has 192 valence electrons. The molecule has 1 heterocycles. The van der Waals surface area contributed by atoms with Crippen LogP contribution < -0.4 is 10.4 Å². The van der Waals surface area contributed by atoms with E-state index in [4.69, 9.17) is 18.6 Å². The molecule has 4 atom stereocenters. The Kier molecular flexibility index (Phi) is 8.92. The van der Waals surface area contributed by atoms with Gasteiger partial charge in [0.1, 0.15) is 12.7 Å². The average molecular weight is 512 g/mol. The molecule has 1 saturated heterocycles. The first kappa shape index (κ1) is 27.4. The van der Waals surface area contributed by atoms with Crippen LogP contribution in [0.25, 0.3) is 10.4 Å². The van der Waals surface area contributed by atoms with Crippen LogP contribution in [0.3, 0.4) is 0 Å². The van der Waals surface area contributed by atoms with Crippen molar-refractivity contribution in [1.82, 2.24) is 0 Å². The molecule has 1 fully saturated rings. The van der Waals surface area contributed by atoms with E-state index in [1.54, 1.807) is 0 Å². The number of rotatable bonds is 9. The van der Waals surface area contributed by atoms with Crippen LogP contribution in [0.1, 0.15) is 34.6 Å². The minimum atomic E-state index is -2.97. The quantitative estimate of drug-likeness (QED) is 0.167. The predicted molar refractivity (Wildman–Crippen MR) is 137 cm³/mol. The zero-order chi connectivity index (χ0) is 26.3. The fraction of sp³-hybridized carbons (Fsp3) is 0.462. The van der Waals surface area contributed by atoms with Gasteiger partial charge in [0.25, 0.3) is 8.32 Å². The first-order valence-corrected chi connectivity index (χ1v) is 13.8. The van der Waals surface area contributed by atoms with Gasteiger partial charge in [-0.05, 0) is 20.9 Å². The number of hydrogen-bond acceptors (Lipinski definition) is 7. The van der Waals surface area contributed by atoms with Crippen molar-refractivity contribution in [1.29, 1.82) is 0 Å². The number of benzene rings is 2. The van der Waals surface area contributed by atoms with Crippen LogP contribution in [0.4, 0.5) is 0 Å². The highest BCUT2D eigenvalue weighted by atomic mass is 28.4. The number of carbonyl (C=O) groups excluding carboxylic acids is 2. The van der Waals surface area contributed by atoms with Crippen molar-refractivity contribution in [2.45, 2.75) is 64.0 Å². The van der Waals surface area contributed by atoms with E-state index in [1.165, 1.54) is 13.8 Å². The van der Waals surface area contributed by atoms with Gasteiger partial charge in [-0.1, -0.05) is 86.5 Å². The van der Waals surface area contributed by atoms with Gasteiger partial charge in [-0.25, -0.2) is 0 Å². The van der Waals surface area contributed by atoms with E-state index in [0.29, 0.717) is 0 Å². The first-order chi connectivity index (χ1) is 17.1. The molecule has 0 aromatic heterocycles. The van der Waals surface area contributed by atoms with Crippen LogP contribution in [-0.4, -0.2) is 57.8 Å². The standard InChI is InChI=1S/C26H33N3O6Si/c1-18(30)32-17-23(34-19(2)31)25-24(28-29-27)22(16-33-25)35-36(26(3,4)5,20-12-8-6-9-13-20)21-14-10-7-11-15-21/h6-15,22-25H,16-17H2,1-5H3/t22-,23-,24+,25+/m0/s1. The molecule has 0 N–H and O–H groups in total. The Morgan fingerprint density at radius 2 is 1.61 bits per heavy atom. The van der Waals surface area contributed by atoms with Crippen molar-refractivity contribution in [3.63, 3.8) is 0 Å². The zero-order valence-corrected chi connectivity index (χ0v) is 22.3.